The standard InChI is InChI=1S/C16H15N3O4/c1-10-7-11(23-14(10)16(20)21-2)8-22-13-6-4-3-5-12(13)15-17-9-18-19-15/h3-7,9H,8H2,1-2H3,(H,17,18,19). The van der Waals surface area contributed by atoms with Gasteiger partial charge in [-0.3, -0.25) is 5.10 Å². The Morgan fingerprint density at radius 1 is 1.35 bits per heavy atom. The van der Waals surface area contributed by atoms with Crippen LogP contribution in [-0.2, 0) is 11.3 Å². The molecule has 0 radical (unpaired) electrons. The molecular weight excluding hydrogens is 298 g/mol. The molecule has 3 rings (SSSR count). The second-order valence-corrected chi connectivity index (χ2v) is 4.84. The molecule has 0 aliphatic heterocycles. The van der Waals surface area contributed by atoms with E-state index in [-0.39, 0.29) is 12.4 Å². The fourth-order valence-corrected chi connectivity index (χ4v) is 2.19. The van der Waals surface area contributed by atoms with Gasteiger partial charge in [-0.2, -0.15) is 5.10 Å². The third-order valence-electron chi connectivity index (χ3n) is 3.27. The summed E-state index contributed by atoms with van der Waals surface area (Å²) in [6.45, 7) is 1.96. The molecule has 0 bridgehead atoms. The number of nitrogens with zero attached hydrogens (tertiary/aromatic N) is 2. The van der Waals surface area contributed by atoms with E-state index >= 15 is 0 Å². The van der Waals surface area contributed by atoms with Gasteiger partial charge in [-0.1, -0.05) is 12.1 Å². The molecule has 0 saturated carbocycles. The average molecular weight is 313 g/mol. The molecular formula is C16H15N3O4. The number of rotatable bonds is 5. The van der Waals surface area contributed by atoms with Gasteiger partial charge in [0.2, 0.25) is 5.76 Å². The summed E-state index contributed by atoms with van der Waals surface area (Å²) in [4.78, 5) is 15.7. The summed E-state index contributed by atoms with van der Waals surface area (Å²) in [5.41, 5.74) is 1.50. The molecule has 0 unspecified atom stereocenters. The van der Waals surface area contributed by atoms with Gasteiger partial charge < -0.3 is 13.9 Å². The number of esters is 1. The van der Waals surface area contributed by atoms with E-state index in [9.17, 15) is 4.79 Å². The second-order valence-electron chi connectivity index (χ2n) is 4.84. The molecule has 0 aliphatic rings. The van der Waals surface area contributed by atoms with Crippen LogP contribution < -0.4 is 4.74 Å². The van der Waals surface area contributed by atoms with Gasteiger partial charge in [0.15, 0.2) is 5.82 Å². The summed E-state index contributed by atoms with van der Waals surface area (Å²) in [6, 6.07) is 9.21. The van der Waals surface area contributed by atoms with Crippen molar-refractivity contribution in [3.8, 4) is 17.1 Å². The van der Waals surface area contributed by atoms with Crippen LogP contribution >= 0.6 is 0 Å². The van der Waals surface area contributed by atoms with Gasteiger partial charge in [0.05, 0.1) is 12.7 Å². The predicted molar refractivity (Wildman–Crippen MR) is 80.9 cm³/mol. The highest BCUT2D eigenvalue weighted by molar-refractivity contribution is 5.87. The minimum Gasteiger partial charge on any atom is -0.485 e. The number of para-hydroxylation sites is 1. The Balaban J connectivity index is 1.78. The Morgan fingerprint density at radius 3 is 2.91 bits per heavy atom. The summed E-state index contributed by atoms with van der Waals surface area (Å²) in [6.07, 6.45) is 1.44. The number of aromatic amines is 1. The van der Waals surface area contributed by atoms with Gasteiger partial charge >= 0.3 is 5.97 Å². The molecule has 0 saturated heterocycles. The number of carbonyl (C=O) groups excluding carboxylic acids is 1. The Kier molecular flexibility index (Phi) is 4.09. The third-order valence-corrected chi connectivity index (χ3v) is 3.27. The lowest BCUT2D eigenvalue weighted by molar-refractivity contribution is 0.0560. The van der Waals surface area contributed by atoms with Crippen molar-refractivity contribution >= 4 is 5.97 Å². The number of hydrogen-bond acceptors (Lipinski definition) is 6. The lowest BCUT2D eigenvalue weighted by atomic mass is 10.2. The largest absolute Gasteiger partial charge is 0.485 e. The molecule has 1 N–H and O–H groups in total. The quantitative estimate of drug-likeness (QED) is 0.728. The molecule has 0 atom stereocenters. The van der Waals surface area contributed by atoms with Crippen LogP contribution in [0.5, 0.6) is 5.75 Å². The highest BCUT2D eigenvalue weighted by Crippen LogP contribution is 2.27. The summed E-state index contributed by atoms with van der Waals surface area (Å²) in [7, 11) is 1.31. The fraction of sp³-hybridized carbons (Fsp3) is 0.188. The molecule has 2 heterocycles. The number of furan rings is 1. The SMILES string of the molecule is COC(=O)c1oc(COc2ccccc2-c2ncn[nH]2)cc1C. The topological polar surface area (TPSA) is 90.2 Å². The summed E-state index contributed by atoms with van der Waals surface area (Å²) >= 11 is 0. The van der Waals surface area contributed by atoms with Crippen molar-refractivity contribution in [1.29, 1.82) is 0 Å². The van der Waals surface area contributed by atoms with Gasteiger partial charge in [0.25, 0.3) is 0 Å². The van der Waals surface area contributed by atoms with Crippen LogP contribution in [0.1, 0.15) is 21.9 Å². The number of aromatic nitrogens is 3. The summed E-state index contributed by atoms with van der Waals surface area (Å²) < 4.78 is 15.9. The van der Waals surface area contributed by atoms with E-state index in [0.717, 1.165) is 5.56 Å². The Bertz CT molecular complexity index is 809. The lowest BCUT2D eigenvalue weighted by Gasteiger charge is -2.08. The molecule has 1 aromatic carbocycles. The molecule has 7 nitrogen and oxygen atoms in total. The van der Waals surface area contributed by atoms with E-state index in [4.69, 9.17) is 9.15 Å². The molecule has 7 heteroatoms. The third kappa shape index (κ3) is 3.08. The first-order chi connectivity index (χ1) is 11.2. The van der Waals surface area contributed by atoms with Crippen molar-refractivity contribution in [3.63, 3.8) is 0 Å². The number of ether oxygens (including phenoxy) is 2. The molecule has 118 valence electrons. The van der Waals surface area contributed by atoms with Crippen molar-refractivity contribution in [2.24, 2.45) is 0 Å². The lowest BCUT2D eigenvalue weighted by Crippen LogP contribution is -2.01. The first-order valence-corrected chi connectivity index (χ1v) is 6.94. The van der Waals surface area contributed by atoms with Crippen molar-refractivity contribution in [1.82, 2.24) is 15.2 Å². The van der Waals surface area contributed by atoms with Crippen LogP contribution in [0.3, 0.4) is 0 Å². The van der Waals surface area contributed by atoms with Crippen LogP contribution in [0.25, 0.3) is 11.4 Å². The number of nitrogens with one attached hydrogen (secondary N) is 1. The predicted octanol–water partition coefficient (Wildman–Crippen LogP) is 2.74. The molecule has 2 aromatic heterocycles. The van der Waals surface area contributed by atoms with Gasteiger partial charge in [0, 0.05) is 5.56 Å². The molecule has 0 fully saturated rings. The van der Waals surface area contributed by atoms with Crippen LogP contribution in [0.15, 0.2) is 41.1 Å². The average Bonchev–Trinajstić information content (AvgIpc) is 3.22. The van der Waals surface area contributed by atoms with Gasteiger partial charge in [-0.05, 0) is 25.1 Å². The van der Waals surface area contributed by atoms with E-state index in [0.29, 0.717) is 22.9 Å². The Hall–Kier alpha value is -3.09. The number of carbonyl (C=O) groups is 1. The van der Waals surface area contributed by atoms with E-state index in [1.165, 1.54) is 13.4 Å². The van der Waals surface area contributed by atoms with E-state index in [2.05, 4.69) is 19.9 Å². The molecule has 3 aromatic rings. The van der Waals surface area contributed by atoms with Crippen LogP contribution in [0, 0.1) is 6.92 Å². The van der Waals surface area contributed by atoms with Crippen LogP contribution in [0.4, 0.5) is 0 Å². The fourth-order valence-electron chi connectivity index (χ4n) is 2.19. The minimum absolute atomic E-state index is 0.184. The molecule has 0 spiro atoms. The molecule has 0 aliphatic carbocycles. The first-order valence-electron chi connectivity index (χ1n) is 6.94. The number of H-pyrrole nitrogens is 1. The number of hydrogen-bond donors (Lipinski definition) is 1. The van der Waals surface area contributed by atoms with Crippen LogP contribution in [-0.4, -0.2) is 28.3 Å². The number of methoxy groups -OCH3 is 1. The Labute approximate surface area is 132 Å². The van der Waals surface area contributed by atoms with Crippen molar-refractivity contribution in [3.05, 3.63) is 53.7 Å². The maximum absolute atomic E-state index is 11.6. The van der Waals surface area contributed by atoms with Gasteiger partial charge in [-0.25, -0.2) is 9.78 Å². The first kappa shape index (κ1) is 14.8. The zero-order chi connectivity index (χ0) is 16.2. The minimum atomic E-state index is -0.504. The monoisotopic (exact) mass is 313 g/mol. The maximum atomic E-state index is 11.6. The maximum Gasteiger partial charge on any atom is 0.374 e. The van der Waals surface area contributed by atoms with Gasteiger partial charge in [-0.15, -0.1) is 0 Å². The number of benzene rings is 1. The van der Waals surface area contributed by atoms with Crippen molar-refractivity contribution < 1.29 is 18.7 Å². The highest BCUT2D eigenvalue weighted by Gasteiger charge is 2.17. The molecule has 23 heavy (non-hydrogen) atoms. The van der Waals surface area contributed by atoms with Gasteiger partial charge in [0.1, 0.15) is 24.4 Å². The second kappa shape index (κ2) is 6.35. The smallest absolute Gasteiger partial charge is 0.374 e. The highest BCUT2D eigenvalue weighted by atomic mass is 16.5. The summed E-state index contributed by atoms with van der Waals surface area (Å²) in [5.74, 6) is 1.48. The zero-order valence-corrected chi connectivity index (χ0v) is 12.7. The Morgan fingerprint density at radius 2 is 2.17 bits per heavy atom. The van der Waals surface area contributed by atoms with E-state index < -0.39 is 5.97 Å². The number of aryl methyl sites for hydroxylation is 1. The van der Waals surface area contributed by atoms with Crippen LogP contribution in [0.2, 0.25) is 0 Å². The summed E-state index contributed by atoms with van der Waals surface area (Å²) in [5, 5.41) is 6.64. The molecule has 0 amide bonds. The van der Waals surface area contributed by atoms with E-state index in [1.807, 2.05) is 24.3 Å². The van der Waals surface area contributed by atoms with Crippen molar-refractivity contribution in [2.45, 2.75) is 13.5 Å². The zero-order valence-electron chi connectivity index (χ0n) is 12.7. The van der Waals surface area contributed by atoms with Crippen molar-refractivity contribution in [2.75, 3.05) is 7.11 Å². The van der Waals surface area contributed by atoms with E-state index in [1.54, 1.807) is 13.0 Å². The normalized spacial score (nSPS) is 10.5.